The molecule has 0 spiro atoms. The fourth-order valence-corrected chi connectivity index (χ4v) is 4.10. The third-order valence-corrected chi connectivity index (χ3v) is 5.67. The number of anilines is 1. The number of piperazine rings is 1. The van der Waals surface area contributed by atoms with Crippen LogP contribution in [0.15, 0.2) is 42.7 Å². The largest absolute Gasteiger partial charge is 0.497 e. The number of hydrogen-bond donors (Lipinski definition) is 0. The van der Waals surface area contributed by atoms with Crippen LogP contribution in [0.1, 0.15) is 24.4 Å². The first-order valence-corrected chi connectivity index (χ1v) is 9.92. The van der Waals surface area contributed by atoms with E-state index in [2.05, 4.69) is 31.9 Å². The minimum atomic E-state index is 0.217. The van der Waals surface area contributed by atoms with Crippen molar-refractivity contribution in [3.63, 3.8) is 0 Å². The van der Waals surface area contributed by atoms with Gasteiger partial charge >= 0.3 is 0 Å². The van der Waals surface area contributed by atoms with Crippen molar-refractivity contribution in [2.24, 2.45) is 0 Å². The van der Waals surface area contributed by atoms with Crippen LogP contribution in [0.4, 0.5) is 5.95 Å². The van der Waals surface area contributed by atoms with Gasteiger partial charge < -0.3 is 14.5 Å². The van der Waals surface area contributed by atoms with Crippen molar-refractivity contribution in [3.05, 3.63) is 48.3 Å². The molecule has 0 unspecified atom stereocenters. The number of benzene rings is 1. The average molecular weight is 381 g/mol. The van der Waals surface area contributed by atoms with Gasteiger partial charge in [-0.25, -0.2) is 9.97 Å². The summed E-state index contributed by atoms with van der Waals surface area (Å²) in [5.74, 6) is 1.83. The smallest absolute Gasteiger partial charge is 0.236 e. The summed E-state index contributed by atoms with van der Waals surface area (Å²) < 4.78 is 5.26. The van der Waals surface area contributed by atoms with E-state index in [0.29, 0.717) is 12.6 Å². The highest BCUT2D eigenvalue weighted by Crippen LogP contribution is 2.32. The first-order valence-electron chi connectivity index (χ1n) is 9.92. The third-order valence-electron chi connectivity index (χ3n) is 5.67. The van der Waals surface area contributed by atoms with E-state index in [9.17, 15) is 4.79 Å². The SMILES string of the molecule is COc1ccc([C@H]2CCCN2CC(=O)N2CCN(c3ncccn3)CC2)cc1. The van der Waals surface area contributed by atoms with Crippen molar-refractivity contribution >= 4 is 11.9 Å². The molecule has 3 heterocycles. The monoisotopic (exact) mass is 381 g/mol. The molecule has 2 saturated heterocycles. The Morgan fingerprint density at radius 2 is 1.79 bits per heavy atom. The summed E-state index contributed by atoms with van der Waals surface area (Å²) in [5, 5.41) is 0. The second-order valence-corrected chi connectivity index (χ2v) is 7.32. The average Bonchev–Trinajstić information content (AvgIpc) is 3.22. The van der Waals surface area contributed by atoms with Crippen molar-refractivity contribution in [3.8, 4) is 5.75 Å². The van der Waals surface area contributed by atoms with Gasteiger partial charge in [0.25, 0.3) is 0 Å². The van der Waals surface area contributed by atoms with E-state index >= 15 is 0 Å². The Kier molecular flexibility index (Phi) is 5.71. The molecule has 148 valence electrons. The summed E-state index contributed by atoms with van der Waals surface area (Å²) >= 11 is 0. The van der Waals surface area contributed by atoms with Gasteiger partial charge in [-0.15, -0.1) is 0 Å². The van der Waals surface area contributed by atoms with Crippen LogP contribution in [0.2, 0.25) is 0 Å². The first kappa shape index (κ1) is 18.7. The van der Waals surface area contributed by atoms with E-state index in [1.165, 1.54) is 5.56 Å². The highest BCUT2D eigenvalue weighted by Gasteiger charge is 2.30. The van der Waals surface area contributed by atoms with Crippen molar-refractivity contribution in [2.45, 2.75) is 18.9 Å². The van der Waals surface area contributed by atoms with Crippen LogP contribution in [-0.4, -0.2) is 72.1 Å². The number of methoxy groups -OCH3 is 1. The second kappa shape index (κ2) is 8.56. The molecule has 2 aromatic rings. The lowest BCUT2D eigenvalue weighted by Gasteiger charge is -2.36. The Balaban J connectivity index is 1.33. The van der Waals surface area contributed by atoms with Gasteiger partial charge in [0.15, 0.2) is 0 Å². The zero-order chi connectivity index (χ0) is 19.3. The van der Waals surface area contributed by atoms with E-state index < -0.39 is 0 Å². The van der Waals surface area contributed by atoms with Crippen LogP contribution in [0.3, 0.4) is 0 Å². The molecule has 1 aromatic heterocycles. The van der Waals surface area contributed by atoms with Gasteiger partial charge in [-0.2, -0.15) is 0 Å². The summed E-state index contributed by atoms with van der Waals surface area (Å²) in [6.45, 7) is 4.45. The Bertz CT molecular complexity index is 775. The van der Waals surface area contributed by atoms with Crippen molar-refractivity contribution in [1.29, 1.82) is 0 Å². The maximum Gasteiger partial charge on any atom is 0.236 e. The maximum atomic E-state index is 12.9. The van der Waals surface area contributed by atoms with E-state index in [1.54, 1.807) is 19.5 Å². The summed E-state index contributed by atoms with van der Waals surface area (Å²) in [5.41, 5.74) is 1.26. The molecule has 28 heavy (non-hydrogen) atoms. The van der Waals surface area contributed by atoms with E-state index in [4.69, 9.17) is 4.74 Å². The number of rotatable bonds is 5. The van der Waals surface area contributed by atoms with Crippen LogP contribution in [0.5, 0.6) is 5.75 Å². The zero-order valence-electron chi connectivity index (χ0n) is 16.3. The molecule has 7 heteroatoms. The fourth-order valence-electron chi connectivity index (χ4n) is 4.10. The second-order valence-electron chi connectivity index (χ2n) is 7.32. The quantitative estimate of drug-likeness (QED) is 0.789. The zero-order valence-corrected chi connectivity index (χ0v) is 16.3. The first-order chi connectivity index (χ1) is 13.7. The molecule has 0 radical (unpaired) electrons. The lowest BCUT2D eigenvalue weighted by Crippen LogP contribution is -2.51. The van der Waals surface area contributed by atoms with Gasteiger partial charge in [-0.3, -0.25) is 9.69 Å². The van der Waals surface area contributed by atoms with Crippen LogP contribution >= 0.6 is 0 Å². The standard InChI is InChI=1S/C21H27N5O2/c1-28-18-7-5-17(6-8-18)19-4-2-11-26(19)16-20(27)24-12-14-25(15-13-24)21-22-9-3-10-23-21/h3,5-10,19H,2,4,11-16H2,1H3/t19-/m1/s1. The molecule has 2 aliphatic heterocycles. The molecule has 2 fully saturated rings. The molecule has 0 bridgehead atoms. The van der Waals surface area contributed by atoms with Gasteiger partial charge in [-0.1, -0.05) is 12.1 Å². The molecule has 2 aliphatic rings. The number of aromatic nitrogens is 2. The number of carbonyl (C=O) groups is 1. The number of amides is 1. The molecule has 0 saturated carbocycles. The number of nitrogens with zero attached hydrogens (tertiary/aromatic N) is 5. The van der Waals surface area contributed by atoms with E-state index in [0.717, 1.165) is 57.3 Å². The topological polar surface area (TPSA) is 61.8 Å². The number of ether oxygens (including phenoxy) is 1. The van der Waals surface area contributed by atoms with Crippen LogP contribution < -0.4 is 9.64 Å². The van der Waals surface area contributed by atoms with Gasteiger partial charge in [0.1, 0.15) is 5.75 Å². The Morgan fingerprint density at radius 1 is 1.07 bits per heavy atom. The predicted molar refractivity (Wildman–Crippen MR) is 107 cm³/mol. The number of hydrogen-bond acceptors (Lipinski definition) is 6. The molecule has 0 aliphatic carbocycles. The Hall–Kier alpha value is -2.67. The lowest BCUT2D eigenvalue weighted by atomic mass is 10.0. The molecular weight excluding hydrogens is 354 g/mol. The summed E-state index contributed by atoms with van der Waals surface area (Å²) in [7, 11) is 1.68. The van der Waals surface area contributed by atoms with Crippen molar-refractivity contribution in [2.75, 3.05) is 51.3 Å². The highest BCUT2D eigenvalue weighted by atomic mass is 16.5. The minimum absolute atomic E-state index is 0.217. The molecule has 4 rings (SSSR count). The summed E-state index contributed by atoms with van der Waals surface area (Å²) in [6.07, 6.45) is 5.74. The summed E-state index contributed by atoms with van der Waals surface area (Å²) in [6, 6.07) is 10.4. The van der Waals surface area contributed by atoms with Crippen molar-refractivity contribution in [1.82, 2.24) is 19.8 Å². The molecule has 1 atom stereocenters. The Morgan fingerprint density at radius 3 is 2.46 bits per heavy atom. The molecule has 0 N–H and O–H groups in total. The highest BCUT2D eigenvalue weighted by molar-refractivity contribution is 5.78. The predicted octanol–water partition coefficient (Wildman–Crippen LogP) is 1.97. The Labute approximate surface area is 165 Å². The molecule has 1 amide bonds. The van der Waals surface area contributed by atoms with Gasteiger partial charge in [0.2, 0.25) is 11.9 Å². The van der Waals surface area contributed by atoms with Gasteiger partial charge in [-0.05, 0) is 43.1 Å². The van der Waals surface area contributed by atoms with E-state index in [1.807, 2.05) is 23.1 Å². The number of carbonyl (C=O) groups excluding carboxylic acids is 1. The van der Waals surface area contributed by atoms with Crippen LogP contribution in [0.25, 0.3) is 0 Å². The minimum Gasteiger partial charge on any atom is -0.497 e. The molecule has 7 nitrogen and oxygen atoms in total. The maximum absolute atomic E-state index is 12.9. The van der Waals surface area contributed by atoms with Crippen LogP contribution in [0, 0.1) is 0 Å². The van der Waals surface area contributed by atoms with E-state index in [-0.39, 0.29) is 5.91 Å². The van der Waals surface area contributed by atoms with Crippen molar-refractivity contribution < 1.29 is 9.53 Å². The fraction of sp³-hybridized carbons (Fsp3) is 0.476. The lowest BCUT2D eigenvalue weighted by molar-refractivity contribution is -0.133. The summed E-state index contributed by atoms with van der Waals surface area (Å²) in [4.78, 5) is 27.9. The van der Waals surface area contributed by atoms with Crippen LogP contribution in [-0.2, 0) is 4.79 Å². The third kappa shape index (κ3) is 4.09. The molecule has 1 aromatic carbocycles. The molecular formula is C21H27N5O2. The van der Waals surface area contributed by atoms with Gasteiger partial charge in [0, 0.05) is 44.6 Å². The number of likely N-dealkylation sites (tertiary alicyclic amines) is 1. The van der Waals surface area contributed by atoms with Gasteiger partial charge in [0.05, 0.1) is 13.7 Å². The normalized spacial score (nSPS) is 20.4.